The molecule has 0 aromatic heterocycles. The van der Waals surface area contributed by atoms with Gasteiger partial charge < -0.3 is 0 Å². The van der Waals surface area contributed by atoms with Crippen molar-refractivity contribution in [1.82, 2.24) is 0 Å². The maximum Gasteiger partial charge on any atom is 0 e. The van der Waals surface area contributed by atoms with Crippen LogP contribution in [0.15, 0.2) is 60.7 Å². The molecule has 2 unspecified atom stereocenters. The fraction of sp³-hybridized carbons (Fsp3) is 0. The minimum atomic E-state index is 0. The van der Waals surface area contributed by atoms with Crippen LogP contribution in [-0.2, 0) is 17.1 Å². The van der Waals surface area contributed by atoms with Gasteiger partial charge in [0.2, 0.25) is 0 Å². The molecule has 2 rings (SSSR count). The Morgan fingerprint density at radius 3 is 0.933 bits per heavy atom. The third kappa shape index (κ3) is 7.71. The van der Waals surface area contributed by atoms with Crippen molar-refractivity contribution in [2.24, 2.45) is 0 Å². The third-order valence-corrected chi connectivity index (χ3v) is 2.37. The van der Waals surface area contributed by atoms with Crippen molar-refractivity contribution in [3.05, 3.63) is 60.7 Å². The Kier molecular flexibility index (Phi) is 8.97. The first-order chi connectivity index (χ1) is 6.79. The van der Waals surface area contributed by atoms with E-state index >= 15 is 0 Å². The van der Waals surface area contributed by atoms with Crippen molar-refractivity contribution in [3.63, 3.8) is 0 Å². The van der Waals surface area contributed by atoms with E-state index in [4.69, 9.17) is 0 Å². The maximum atomic E-state index is 2.63. The molecule has 0 aliphatic carbocycles. The monoisotopic (exact) mass is 283 g/mol. The van der Waals surface area contributed by atoms with Gasteiger partial charge in [-0.1, -0.05) is 60.7 Å². The molecule has 0 nitrogen and oxygen atoms in total. The van der Waals surface area contributed by atoms with E-state index in [0.29, 0.717) is 0 Å². The Morgan fingerprint density at radius 1 is 0.533 bits per heavy atom. The van der Waals surface area contributed by atoms with Gasteiger partial charge >= 0.3 is 0 Å². The molecule has 0 bridgehead atoms. The minimum absolute atomic E-state index is 0. The van der Waals surface area contributed by atoms with Gasteiger partial charge in [-0.15, -0.1) is 18.5 Å². The van der Waals surface area contributed by atoms with E-state index in [1.54, 1.807) is 0 Å². The van der Waals surface area contributed by atoms with Gasteiger partial charge in [-0.3, -0.25) is 0 Å². The van der Waals surface area contributed by atoms with Crippen molar-refractivity contribution in [1.29, 1.82) is 0 Å². The van der Waals surface area contributed by atoms with Gasteiger partial charge in [0.1, 0.15) is 0 Å². The SMILES string of the molecule is Pc1ccccc1.Pc1ccccc1.[Cu]. The van der Waals surface area contributed by atoms with Crippen molar-refractivity contribution in [2.75, 3.05) is 0 Å². The molecule has 0 fully saturated rings. The summed E-state index contributed by atoms with van der Waals surface area (Å²) in [6.07, 6.45) is 0. The van der Waals surface area contributed by atoms with E-state index in [1.807, 2.05) is 60.7 Å². The zero-order valence-electron chi connectivity index (χ0n) is 8.23. The van der Waals surface area contributed by atoms with Crippen LogP contribution in [0.3, 0.4) is 0 Å². The Morgan fingerprint density at radius 2 is 0.800 bits per heavy atom. The van der Waals surface area contributed by atoms with Crippen LogP contribution in [0.5, 0.6) is 0 Å². The maximum absolute atomic E-state index is 2.63. The first kappa shape index (κ1) is 14.8. The van der Waals surface area contributed by atoms with Crippen LogP contribution in [0, 0.1) is 0 Å². The topological polar surface area (TPSA) is 0 Å². The molecule has 83 valence electrons. The molecule has 0 saturated heterocycles. The molecule has 3 heteroatoms. The first-order valence-electron chi connectivity index (χ1n) is 4.40. The average molecular weight is 284 g/mol. The van der Waals surface area contributed by atoms with Gasteiger partial charge in [0, 0.05) is 17.1 Å². The third-order valence-electron chi connectivity index (χ3n) is 1.60. The summed E-state index contributed by atoms with van der Waals surface area (Å²) in [5, 5.41) is 2.48. The van der Waals surface area contributed by atoms with Crippen LogP contribution in [0.2, 0.25) is 0 Å². The van der Waals surface area contributed by atoms with Crippen molar-refractivity contribution in [3.8, 4) is 0 Å². The summed E-state index contributed by atoms with van der Waals surface area (Å²) in [5.74, 6) is 0. The Balaban J connectivity index is 0.000000245. The quantitative estimate of drug-likeness (QED) is 0.514. The molecule has 0 saturated carbocycles. The second-order valence-electron chi connectivity index (χ2n) is 2.82. The smallest absolute Gasteiger partial charge is 0 e. The Bertz CT molecular complexity index is 311. The van der Waals surface area contributed by atoms with Crippen LogP contribution in [-0.4, -0.2) is 0 Å². The number of hydrogen-bond donors (Lipinski definition) is 0. The zero-order valence-corrected chi connectivity index (χ0v) is 11.5. The molecule has 0 heterocycles. The van der Waals surface area contributed by atoms with Crippen LogP contribution >= 0.6 is 18.5 Å². The molecular weight excluding hydrogens is 270 g/mol. The van der Waals surface area contributed by atoms with Crippen LogP contribution in [0.25, 0.3) is 0 Å². The van der Waals surface area contributed by atoms with E-state index in [0.717, 1.165) is 0 Å². The summed E-state index contributed by atoms with van der Waals surface area (Å²) in [7, 11) is 5.26. The molecule has 0 amide bonds. The van der Waals surface area contributed by atoms with Gasteiger partial charge in [-0.2, -0.15) is 0 Å². The summed E-state index contributed by atoms with van der Waals surface area (Å²) in [6.45, 7) is 0. The molecule has 1 radical (unpaired) electrons. The summed E-state index contributed by atoms with van der Waals surface area (Å²) < 4.78 is 0. The van der Waals surface area contributed by atoms with E-state index < -0.39 is 0 Å². The van der Waals surface area contributed by atoms with Crippen molar-refractivity contribution >= 4 is 29.1 Å². The molecule has 15 heavy (non-hydrogen) atoms. The van der Waals surface area contributed by atoms with Crippen molar-refractivity contribution in [2.45, 2.75) is 0 Å². The molecule has 0 spiro atoms. The number of benzene rings is 2. The van der Waals surface area contributed by atoms with Gasteiger partial charge in [0.15, 0.2) is 0 Å². The first-order valence-corrected chi connectivity index (χ1v) is 5.55. The van der Waals surface area contributed by atoms with E-state index in [9.17, 15) is 0 Å². The van der Waals surface area contributed by atoms with E-state index in [1.165, 1.54) is 10.6 Å². The average Bonchev–Trinajstić information content (AvgIpc) is 2.21. The van der Waals surface area contributed by atoms with Gasteiger partial charge in [0.05, 0.1) is 0 Å². The number of hydrogen-bond acceptors (Lipinski definition) is 0. The largest absolute Gasteiger partial charge is 0.106 e. The molecule has 0 N–H and O–H groups in total. The number of rotatable bonds is 0. The van der Waals surface area contributed by atoms with Gasteiger partial charge in [-0.05, 0) is 10.6 Å². The fourth-order valence-corrected chi connectivity index (χ4v) is 1.35. The molecular formula is C12H14CuP2. The predicted octanol–water partition coefficient (Wildman–Crippen LogP) is 2.37. The van der Waals surface area contributed by atoms with Crippen molar-refractivity contribution < 1.29 is 17.1 Å². The van der Waals surface area contributed by atoms with Crippen LogP contribution in [0.4, 0.5) is 0 Å². The molecule has 2 aromatic rings. The van der Waals surface area contributed by atoms with E-state index in [2.05, 4.69) is 18.5 Å². The normalized spacial score (nSPS) is 8.13. The predicted molar refractivity (Wildman–Crippen MR) is 71.6 cm³/mol. The summed E-state index contributed by atoms with van der Waals surface area (Å²) in [5.41, 5.74) is 0. The summed E-state index contributed by atoms with van der Waals surface area (Å²) >= 11 is 0. The standard InChI is InChI=1S/2C6H7P.Cu/c2*7-6-4-2-1-3-5-6;/h2*1-5H,7H2;. The second-order valence-corrected chi connectivity index (χ2v) is 4.15. The Labute approximate surface area is 107 Å². The van der Waals surface area contributed by atoms with Gasteiger partial charge in [-0.25, -0.2) is 0 Å². The summed E-state index contributed by atoms with van der Waals surface area (Å²) in [4.78, 5) is 0. The zero-order chi connectivity index (χ0) is 10.2. The second kappa shape index (κ2) is 9.08. The fourth-order valence-electron chi connectivity index (χ4n) is 0.906. The molecule has 2 atom stereocenters. The molecule has 2 aromatic carbocycles. The van der Waals surface area contributed by atoms with E-state index in [-0.39, 0.29) is 17.1 Å². The van der Waals surface area contributed by atoms with Crippen LogP contribution in [0.1, 0.15) is 0 Å². The molecule has 0 aliphatic rings. The molecule has 0 aliphatic heterocycles. The Hall–Kier alpha value is -0.181. The minimum Gasteiger partial charge on any atom is -0.106 e. The summed E-state index contributed by atoms with van der Waals surface area (Å²) in [6, 6.07) is 20.3. The van der Waals surface area contributed by atoms with Gasteiger partial charge in [0.25, 0.3) is 0 Å². The van der Waals surface area contributed by atoms with Crippen LogP contribution < -0.4 is 10.6 Å².